The van der Waals surface area contributed by atoms with Crippen molar-refractivity contribution in [1.82, 2.24) is 4.90 Å². The molecule has 0 N–H and O–H groups in total. The van der Waals surface area contributed by atoms with E-state index in [0.717, 1.165) is 10.6 Å². The summed E-state index contributed by atoms with van der Waals surface area (Å²) in [6.07, 6.45) is -0.352. The van der Waals surface area contributed by atoms with E-state index in [1.165, 1.54) is 11.5 Å². The summed E-state index contributed by atoms with van der Waals surface area (Å²) in [7, 11) is 1.37. The van der Waals surface area contributed by atoms with Crippen molar-refractivity contribution >= 4 is 34.9 Å². The summed E-state index contributed by atoms with van der Waals surface area (Å²) in [5, 5.41) is 1.96. The smallest absolute Gasteiger partial charge is 0.411 e. The second kappa shape index (κ2) is 3.67. The molecule has 1 aromatic heterocycles. The first-order valence-corrected chi connectivity index (χ1v) is 5.26. The fourth-order valence-electron chi connectivity index (χ4n) is 1.37. The lowest BCUT2D eigenvalue weighted by Crippen LogP contribution is -2.40. The summed E-state index contributed by atoms with van der Waals surface area (Å²) in [6, 6.07) is 1.95. The molecule has 76 valence electrons. The standard InChI is InChI=1S/C8H9ClN2O2S/c1-13-8(12)10-4-7-6(2-3-14-7)11(9)5-10/h2-3H,4-5H2,1H3. The maximum atomic E-state index is 11.3. The normalized spacial score (nSPS) is 15.3. The maximum Gasteiger partial charge on any atom is 0.411 e. The molecule has 0 aromatic carbocycles. The van der Waals surface area contributed by atoms with Gasteiger partial charge in [0.25, 0.3) is 0 Å². The molecule has 14 heavy (non-hydrogen) atoms. The van der Waals surface area contributed by atoms with Crippen LogP contribution >= 0.6 is 23.1 Å². The van der Waals surface area contributed by atoms with E-state index in [0.29, 0.717) is 13.2 Å². The number of halogens is 1. The largest absolute Gasteiger partial charge is 0.453 e. The molecule has 1 aromatic rings. The molecule has 0 saturated carbocycles. The number of nitrogens with zero attached hydrogens (tertiary/aromatic N) is 2. The van der Waals surface area contributed by atoms with Crippen LogP contribution in [0.25, 0.3) is 0 Å². The Morgan fingerprint density at radius 2 is 2.50 bits per heavy atom. The van der Waals surface area contributed by atoms with Gasteiger partial charge in [-0.1, -0.05) is 0 Å². The minimum atomic E-state index is -0.352. The first kappa shape index (κ1) is 9.61. The van der Waals surface area contributed by atoms with Crippen molar-refractivity contribution in [1.29, 1.82) is 0 Å². The Balaban J connectivity index is 2.21. The van der Waals surface area contributed by atoms with Crippen molar-refractivity contribution in [2.24, 2.45) is 0 Å². The predicted molar refractivity (Wildman–Crippen MR) is 55.5 cm³/mol. The molecule has 0 aliphatic carbocycles. The Labute approximate surface area is 90.7 Å². The summed E-state index contributed by atoms with van der Waals surface area (Å²) in [6.45, 7) is 0.931. The lowest BCUT2D eigenvalue weighted by Gasteiger charge is -2.30. The highest BCUT2D eigenvalue weighted by atomic mass is 35.5. The van der Waals surface area contributed by atoms with Gasteiger partial charge in [0.1, 0.15) is 6.67 Å². The van der Waals surface area contributed by atoms with Gasteiger partial charge in [-0.05, 0) is 11.4 Å². The van der Waals surface area contributed by atoms with Gasteiger partial charge < -0.3 is 4.74 Å². The van der Waals surface area contributed by atoms with E-state index in [2.05, 4.69) is 4.74 Å². The van der Waals surface area contributed by atoms with Crippen LogP contribution in [0.15, 0.2) is 11.4 Å². The third-order valence-electron chi connectivity index (χ3n) is 2.05. The highest BCUT2D eigenvalue weighted by Crippen LogP contribution is 2.33. The lowest BCUT2D eigenvalue weighted by molar-refractivity contribution is 0.121. The molecule has 1 amide bonds. The Kier molecular flexibility index (Phi) is 2.52. The first-order valence-electron chi connectivity index (χ1n) is 4.05. The number of carbonyl (C=O) groups is 1. The summed E-state index contributed by atoms with van der Waals surface area (Å²) >= 11 is 7.56. The van der Waals surface area contributed by atoms with Gasteiger partial charge in [0, 0.05) is 16.7 Å². The molecule has 0 bridgehead atoms. The highest BCUT2D eigenvalue weighted by molar-refractivity contribution is 7.10. The number of anilines is 1. The predicted octanol–water partition coefficient (Wildman–Crippen LogP) is 2.25. The van der Waals surface area contributed by atoms with Crippen molar-refractivity contribution in [3.63, 3.8) is 0 Å². The molecule has 0 spiro atoms. The number of thiophene rings is 1. The number of fused-ring (bicyclic) bond motifs is 1. The van der Waals surface area contributed by atoms with Gasteiger partial charge in [0.2, 0.25) is 0 Å². The van der Waals surface area contributed by atoms with Crippen LogP contribution in [0.2, 0.25) is 0 Å². The Morgan fingerprint density at radius 1 is 1.71 bits per heavy atom. The molecule has 0 radical (unpaired) electrons. The Bertz CT molecular complexity index is 355. The summed E-state index contributed by atoms with van der Waals surface area (Å²) < 4.78 is 6.16. The fourth-order valence-corrected chi connectivity index (χ4v) is 2.60. The molecule has 0 fully saturated rings. The molecule has 2 heterocycles. The van der Waals surface area contributed by atoms with Crippen molar-refractivity contribution in [3.8, 4) is 0 Å². The number of hydrogen-bond donors (Lipinski definition) is 0. The summed E-state index contributed by atoms with van der Waals surface area (Å²) in [4.78, 5) is 13.9. The number of ether oxygens (including phenoxy) is 1. The quantitative estimate of drug-likeness (QED) is 0.644. The molecule has 0 atom stereocenters. The second-order valence-electron chi connectivity index (χ2n) is 2.90. The molecule has 0 saturated heterocycles. The first-order chi connectivity index (χ1) is 6.72. The summed E-state index contributed by atoms with van der Waals surface area (Å²) in [5.74, 6) is 0. The zero-order valence-electron chi connectivity index (χ0n) is 7.57. The monoisotopic (exact) mass is 232 g/mol. The number of amides is 1. The second-order valence-corrected chi connectivity index (χ2v) is 4.31. The molecule has 1 aliphatic rings. The highest BCUT2D eigenvalue weighted by Gasteiger charge is 2.26. The summed E-state index contributed by atoms with van der Waals surface area (Å²) in [5.41, 5.74) is 0.983. The minimum Gasteiger partial charge on any atom is -0.453 e. The van der Waals surface area contributed by atoms with E-state index in [9.17, 15) is 4.79 Å². The van der Waals surface area contributed by atoms with E-state index in [1.54, 1.807) is 16.2 Å². The fraction of sp³-hybridized carbons (Fsp3) is 0.375. The van der Waals surface area contributed by atoms with Crippen LogP contribution < -0.4 is 4.42 Å². The van der Waals surface area contributed by atoms with E-state index in [-0.39, 0.29) is 6.09 Å². The third kappa shape index (κ3) is 1.53. The van der Waals surface area contributed by atoms with Crippen molar-refractivity contribution in [2.75, 3.05) is 18.2 Å². The van der Waals surface area contributed by atoms with E-state index < -0.39 is 0 Å². The van der Waals surface area contributed by atoms with Gasteiger partial charge in [0.15, 0.2) is 0 Å². The van der Waals surface area contributed by atoms with Crippen LogP contribution in [-0.4, -0.2) is 24.8 Å². The molecular formula is C8H9ClN2O2S. The average Bonchev–Trinajstić information content (AvgIpc) is 2.64. The van der Waals surface area contributed by atoms with Crippen LogP contribution in [0.5, 0.6) is 0 Å². The number of rotatable bonds is 0. The maximum absolute atomic E-state index is 11.3. The molecular weight excluding hydrogens is 224 g/mol. The molecule has 2 rings (SSSR count). The zero-order valence-corrected chi connectivity index (χ0v) is 9.14. The van der Waals surface area contributed by atoms with Gasteiger partial charge in [-0.25, -0.2) is 4.79 Å². The SMILES string of the molecule is COC(=O)N1Cc2sccc2N(Cl)C1. The zero-order chi connectivity index (χ0) is 10.1. The van der Waals surface area contributed by atoms with E-state index in [1.807, 2.05) is 11.4 Å². The third-order valence-corrected chi connectivity index (χ3v) is 3.23. The molecule has 1 aliphatic heterocycles. The van der Waals surface area contributed by atoms with E-state index >= 15 is 0 Å². The molecule has 4 nitrogen and oxygen atoms in total. The van der Waals surface area contributed by atoms with Crippen LogP contribution in [0.3, 0.4) is 0 Å². The molecule has 6 heteroatoms. The average molecular weight is 233 g/mol. The van der Waals surface area contributed by atoms with Crippen molar-refractivity contribution in [2.45, 2.75) is 6.54 Å². The van der Waals surface area contributed by atoms with Crippen molar-refractivity contribution in [3.05, 3.63) is 16.3 Å². The van der Waals surface area contributed by atoms with Gasteiger partial charge in [-0.2, -0.15) is 0 Å². The van der Waals surface area contributed by atoms with Gasteiger partial charge >= 0.3 is 6.09 Å². The topological polar surface area (TPSA) is 32.8 Å². The van der Waals surface area contributed by atoms with Gasteiger partial charge in [0.05, 0.1) is 19.3 Å². The Hall–Kier alpha value is -0.940. The van der Waals surface area contributed by atoms with Crippen LogP contribution in [0, 0.1) is 0 Å². The van der Waals surface area contributed by atoms with Gasteiger partial charge in [-0.15, -0.1) is 11.3 Å². The minimum absolute atomic E-state index is 0.352. The van der Waals surface area contributed by atoms with Crippen molar-refractivity contribution < 1.29 is 9.53 Å². The number of hydrogen-bond acceptors (Lipinski definition) is 4. The number of carbonyl (C=O) groups excluding carboxylic acids is 1. The molecule has 0 unspecified atom stereocenters. The van der Waals surface area contributed by atoms with E-state index in [4.69, 9.17) is 11.8 Å². The van der Waals surface area contributed by atoms with Crippen LogP contribution in [0.1, 0.15) is 4.88 Å². The van der Waals surface area contributed by atoms with Gasteiger partial charge in [-0.3, -0.25) is 9.32 Å². The Morgan fingerprint density at radius 3 is 3.21 bits per heavy atom. The van der Waals surface area contributed by atoms with Crippen LogP contribution in [0.4, 0.5) is 10.5 Å². The van der Waals surface area contributed by atoms with Crippen LogP contribution in [-0.2, 0) is 11.3 Å². The number of methoxy groups -OCH3 is 1. The lowest BCUT2D eigenvalue weighted by atomic mass is 10.3.